The molecule has 0 spiro atoms. The molecular formula is C20H15N5O3S. The molecule has 0 bridgehead atoms. The summed E-state index contributed by atoms with van der Waals surface area (Å²) in [6.45, 7) is 0. The van der Waals surface area contributed by atoms with E-state index in [4.69, 9.17) is 9.15 Å². The number of hydrogen-bond donors (Lipinski definition) is 2. The molecule has 0 aliphatic carbocycles. The number of nitrogens with one attached hydrogen (secondary N) is 2. The number of fused-ring (bicyclic) bond motifs is 3. The molecule has 2 N–H and O–H groups in total. The first-order valence-electron chi connectivity index (χ1n) is 8.81. The van der Waals surface area contributed by atoms with Gasteiger partial charge in [0.25, 0.3) is 5.56 Å². The van der Waals surface area contributed by atoms with E-state index in [-0.39, 0.29) is 11.1 Å². The number of thioether (sulfide) groups is 1. The van der Waals surface area contributed by atoms with Gasteiger partial charge in [0.2, 0.25) is 10.7 Å². The number of aromatic amines is 2. The second-order valence-electron chi connectivity index (χ2n) is 6.27. The lowest BCUT2D eigenvalue weighted by Gasteiger charge is -2.00. The Kier molecular flexibility index (Phi) is 4.28. The first-order valence-corrected chi connectivity index (χ1v) is 9.80. The number of hydrogen-bond acceptors (Lipinski definition) is 7. The van der Waals surface area contributed by atoms with Crippen molar-refractivity contribution >= 4 is 33.8 Å². The van der Waals surface area contributed by atoms with E-state index in [1.165, 1.54) is 11.8 Å². The predicted octanol–water partition coefficient (Wildman–Crippen LogP) is 3.76. The van der Waals surface area contributed by atoms with Gasteiger partial charge in [-0.3, -0.25) is 9.89 Å². The van der Waals surface area contributed by atoms with E-state index >= 15 is 0 Å². The van der Waals surface area contributed by atoms with Crippen LogP contribution in [0.15, 0.2) is 62.9 Å². The molecule has 0 amide bonds. The lowest BCUT2D eigenvalue weighted by atomic mass is 10.2. The number of aromatic nitrogens is 5. The van der Waals surface area contributed by atoms with Crippen LogP contribution in [0.5, 0.6) is 5.75 Å². The van der Waals surface area contributed by atoms with E-state index in [1.807, 2.05) is 48.5 Å². The van der Waals surface area contributed by atoms with Crippen molar-refractivity contribution in [2.45, 2.75) is 10.9 Å². The fraction of sp³-hybridized carbons (Fsp3) is 0.100. The van der Waals surface area contributed by atoms with Crippen LogP contribution >= 0.6 is 11.8 Å². The largest absolute Gasteiger partial charge is 0.497 e. The van der Waals surface area contributed by atoms with Gasteiger partial charge in [0.15, 0.2) is 5.82 Å². The molecule has 0 saturated carbocycles. The first-order chi connectivity index (χ1) is 14.2. The van der Waals surface area contributed by atoms with E-state index < -0.39 is 0 Å². The zero-order chi connectivity index (χ0) is 19.8. The Morgan fingerprint density at radius 3 is 2.76 bits per heavy atom. The van der Waals surface area contributed by atoms with Crippen molar-refractivity contribution in [2.75, 3.05) is 7.11 Å². The normalized spacial score (nSPS) is 11.3. The molecule has 2 aromatic carbocycles. The van der Waals surface area contributed by atoms with Crippen LogP contribution in [0.4, 0.5) is 0 Å². The Morgan fingerprint density at radius 2 is 1.93 bits per heavy atom. The van der Waals surface area contributed by atoms with Crippen molar-refractivity contribution in [3.8, 4) is 17.1 Å². The molecule has 0 fully saturated rings. The van der Waals surface area contributed by atoms with Gasteiger partial charge in [0.1, 0.15) is 22.7 Å². The van der Waals surface area contributed by atoms with Gasteiger partial charge in [0.05, 0.1) is 12.9 Å². The minimum atomic E-state index is -0.296. The summed E-state index contributed by atoms with van der Waals surface area (Å²) >= 11 is 1.38. The predicted molar refractivity (Wildman–Crippen MR) is 110 cm³/mol. The van der Waals surface area contributed by atoms with E-state index in [0.29, 0.717) is 33.7 Å². The van der Waals surface area contributed by atoms with Crippen LogP contribution in [0.1, 0.15) is 5.82 Å². The Morgan fingerprint density at radius 1 is 1.10 bits per heavy atom. The third-order valence-corrected chi connectivity index (χ3v) is 5.30. The summed E-state index contributed by atoms with van der Waals surface area (Å²) < 4.78 is 10.8. The monoisotopic (exact) mass is 405 g/mol. The van der Waals surface area contributed by atoms with Crippen LogP contribution in [0.2, 0.25) is 0 Å². The highest BCUT2D eigenvalue weighted by Gasteiger charge is 2.14. The highest BCUT2D eigenvalue weighted by molar-refractivity contribution is 7.98. The van der Waals surface area contributed by atoms with Crippen LogP contribution in [0.25, 0.3) is 33.5 Å². The highest BCUT2D eigenvalue weighted by Crippen LogP contribution is 2.26. The summed E-state index contributed by atoms with van der Waals surface area (Å²) in [5.41, 5.74) is 2.05. The molecule has 3 aromatic heterocycles. The van der Waals surface area contributed by atoms with Crippen molar-refractivity contribution in [3.63, 3.8) is 0 Å². The Labute approximate surface area is 168 Å². The van der Waals surface area contributed by atoms with Crippen molar-refractivity contribution in [1.82, 2.24) is 25.1 Å². The number of benzene rings is 2. The van der Waals surface area contributed by atoms with Crippen LogP contribution in [0.3, 0.4) is 0 Å². The fourth-order valence-electron chi connectivity index (χ4n) is 3.04. The number of nitrogens with zero attached hydrogens (tertiary/aromatic N) is 3. The van der Waals surface area contributed by atoms with Crippen LogP contribution < -0.4 is 10.3 Å². The number of para-hydroxylation sites is 1. The number of rotatable bonds is 5. The zero-order valence-corrected chi connectivity index (χ0v) is 16.1. The number of furan rings is 1. The lowest BCUT2D eigenvalue weighted by molar-refractivity contribution is 0.415. The quantitative estimate of drug-likeness (QED) is 0.429. The van der Waals surface area contributed by atoms with Crippen molar-refractivity contribution < 1.29 is 9.15 Å². The number of ether oxygens (including phenoxy) is 1. The smallest absolute Gasteiger partial charge is 0.294 e. The molecule has 8 nitrogen and oxygen atoms in total. The minimum absolute atomic E-state index is 0.236. The van der Waals surface area contributed by atoms with Crippen LogP contribution in [-0.4, -0.2) is 32.3 Å². The summed E-state index contributed by atoms with van der Waals surface area (Å²) in [7, 11) is 1.63. The molecule has 0 atom stereocenters. The Hall–Kier alpha value is -3.59. The Bertz CT molecular complexity index is 1370. The number of H-pyrrole nitrogens is 2. The minimum Gasteiger partial charge on any atom is -0.497 e. The SMILES string of the molecule is COc1ccc(-c2nc(SCc3nc4c(oc5ccccc54)c(=O)[nH]3)n[nH]2)cc1. The summed E-state index contributed by atoms with van der Waals surface area (Å²) in [6, 6.07) is 15.0. The topological polar surface area (TPSA) is 110 Å². The molecule has 5 aromatic rings. The second-order valence-corrected chi connectivity index (χ2v) is 7.21. The average molecular weight is 405 g/mol. The summed E-state index contributed by atoms with van der Waals surface area (Å²) in [6.07, 6.45) is 0. The molecule has 0 unspecified atom stereocenters. The lowest BCUT2D eigenvalue weighted by Crippen LogP contribution is -2.10. The van der Waals surface area contributed by atoms with Crippen molar-refractivity contribution in [2.24, 2.45) is 0 Å². The zero-order valence-electron chi connectivity index (χ0n) is 15.3. The molecule has 9 heteroatoms. The van der Waals surface area contributed by atoms with Gasteiger partial charge in [-0.1, -0.05) is 23.9 Å². The number of methoxy groups -OCH3 is 1. The molecule has 0 radical (unpaired) electrons. The van der Waals surface area contributed by atoms with Crippen molar-refractivity contribution in [1.29, 1.82) is 0 Å². The summed E-state index contributed by atoms with van der Waals surface area (Å²) in [5, 5.41) is 8.54. The molecular weight excluding hydrogens is 390 g/mol. The van der Waals surface area contributed by atoms with Gasteiger partial charge < -0.3 is 14.1 Å². The maximum atomic E-state index is 12.4. The van der Waals surface area contributed by atoms with Gasteiger partial charge in [-0.2, -0.15) is 0 Å². The Balaban J connectivity index is 1.38. The van der Waals surface area contributed by atoms with E-state index in [1.54, 1.807) is 7.11 Å². The highest BCUT2D eigenvalue weighted by atomic mass is 32.2. The van der Waals surface area contributed by atoms with E-state index in [0.717, 1.165) is 16.7 Å². The molecule has 0 aliphatic rings. The maximum Gasteiger partial charge on any atom is 0.294 e. The van der Waals surface area contributed by atoms with Crippen molar-refractivity contribution in [3.05, 3.63) is 64.7 Å². The molecule has 5 rings (SSSR count). The summed E-state index contributed by atoms with van der Waals surface area (Å²) in [5.74, 6) is 2.40. The van der Waals surface area contributed by atoms with Gasteiger partial charge in [-0.05, 0) is 36.4 Å². The molecule has 0 aliphatic heterocycles. The van der Waals surface area contributed by atoms with E-state index in [9.17, 15) is 4.79 Å². The molecule has 0 saturated heterocycles. The second kappa shape index (κ2) is 7.10. The first kappa shape index (κ1) is 17.5. The molecule has 3 heterocycles. The third-order valence-electron chi connectivity index (χ3n) is 4.45. The van der Waals surface area contributed by atoms with Crippen LogP contribution in [-0.2, 0) is 5.75 Å². The maximum absolute atomic E-state index is 12.4. The summed E-state index contributed by atoms with van der Waals surface area (Å²) in [4.78, 5) is 24.2. The average Bonchev–Trinajstić information content (AvgIpc) is 3.38. The fourth-order valence-corrected chi connectivity index (χ4v) is 3.71. The molecule has 144 valence electrons. The standard InChI is InChI=1S/C20H15N5O3S/c1-27-12-8-6-11(7-9-12)18-23-20(25-24-18)29-10-15-21-16-13-4-2-3-5-14(13)28-17(16)19(26)22-15/h2-9H,10H2,1H3,(H,21,22,26)(H,23,24,25). The van der Waals surface area contributed by atoms with Gasteiger partial charge in [0, 0.05) is 10.9 Å². The van der Waals surface area contributed by atoms with Gasteiger partial charge in [-0.15, -0.1) is 5.10 Å². The third kappa shape index (κ3) is 3.25. The molecule has 29 heavy (non-hydrogen) atoms. The van der Waals surface area contributed by atoms with Gasteiger partial charge >= 0.3 is 0 Å². The van der Waals surface area contributed by atoms with E-state index in [2.05, 4.69) is 25.1 Å². The van der Waals surface area contributed by atoms with Gasteiger partial charge in [-0.25, -0.2) is 9.97 Å². The van der Waals surface area contributed by atoms with Crippen LogP contribution in [0, 0.1) is 0 Å².